The lowest BCUT2D eigenvalue weighted by Gasteiger charge is -2.26. The molecule has 1 aromatic heterocycles. The Kier molecular flexibility index (Phi) is 2.65. The number of nitrogens with one attached hydrogen (secondary N) is 1. The van der Waals surface area contributed by atoms with Crippen LogP contribution in [0, 0.1) is 0 Å². The number of likely N-dealkylation sites (N-methyl/N-ethyl adjacent to an activating group) is 1. The zero-order valence-electron chi connectivity index (χ0n) is 9.81. The zero-order chi connectivity index (χ0) is 11.7. The third-order valence-electron chi connectivity index (χ3n) is 3.22. The number of nitrogens with zero attached hydrogens (tertiary/aromatic N) is 2. The molecule has 2 aromatic rings. The number of benzene rings is 1. The van der Waals surface area contributed by atoms with Crippen molar-refractivity contribution < 1.29 is 4.42 Å². The van der Waals surface area contributed by atoms with Gasteiger partial charge in [0.25, 0.3) is 0 Å². The van der Waals surface area contributed by atoms with Crippen LogP contribution in [0.5, 0.6) is 0 Å². The number of fused-ring (bicyclic) bond motifs is 1. The average Bonchev–Trinajstić information content (AvgIpc) is 2.76. The monoisotopic (exact) mass is 229 g/mol. The van der Waals surface area contributed by atoms with Crippen LogP contribution in [-0.2, 0) is 12.8 Å². The van der Waals surface area contributed by atoms with Crippen molar-refractivity contribution in [2.24, 2.45) is 0 Å². The van der Waals surface area contributed by atoms with Crippen molar-refractivity contribution >= 4 is 0 Å². The highest BCUT2D eigenvalue weighted by Gasteiger charge is 2.31. The summed E-state index contributed by atoms with van der Waals surface area (Å²) in [5, 5.41) is 11.3. The van der Waals surface area contributed by atoms with Crippen LogP contribution in [0.3, 0.4) is 0 Å². The van der Waals surface area contributed by atoms with Crippen LogP contribution in [0.15, 0.2) is 28.7 Å². The summed E-state index contributed by atoms with van der Waals surface area (Å²) in [7, 11) is 1.92. The first-order valence-corrected chi connectivity index (χ1v) is 5.93. The maximum Gasteiger partial charge on any atom is 0.224 e. The highest BCUT2D eigenvalue weighted by molar-refractivity contribution is 5.43. The molecule has 0 fully saturated rings. The maximum atomic E-state index is 5.68. The van der Waals surface area contributed by atoms with Gasteiger partial charge in [0, 0.05) is 13.0 Å². The Bertz CT molecular complexity index is 521. The molecule has 1 unspecified atom stereocenters. The van der Waals surface area contributed by atoms with Gasteiger partial charge >= 0.3 is 0 Å². The molecule has 0 saturated heterocycles. The Morgan fingerprint density at radius 1 is 1.35 bits per heavy atom. The zero-order valence-corrected chi connectivity index (χ0v) is 9.81. The molecule has 1 aliphatic rings. The standard InChI is InChI=1S/C13H15N3O/c1-14-7-6-12-15-16-13(17-12)11-8-9-4-2-3-5-10(9)11/h2-5,11,14H,6-8H2,1H3. The molecule has 88 valence electrons. The molecular weight excluding hydrogens is 214 g/mol. The predicted molar refractivity (Wildman–Crippen MR) is 63.9 cm³/mol. The van der Waals surface area contributed by atoms with E-state index in [1.54, 1.807) is 0 Å². The van der Waals surface area contributed by atoms with Gasteiger partial charge in [-0.3, -0.25) is 0 Å². The van der Waals surface area contributed by atoms with Crippen molar-refractivity contribution in [1.29, 1.82) is 0 Å². The second-order valence-corrected chi connectivity index (χ2v) is 4.34. The van der Waals surface area contributed by atoms with Crippen LogP contribution in [0.25, 0.3) is 0 Å². The minimum absolute atomic E-state index is 0.307. The van der Waals surface area contributed by atoms with Crippen LogP contribution >= 0.6 is 0 Å². The van der Waals surface area contributed by atoms with Crippen LogP contribution in [-0.4, -0.2) is 23.8 Å². The van der Waals surface area contributed by atoms with Gasteiger partial charge in [-0.15, -0.1) is 10.2 Å². The van der Waals surface area contributed by atoms with Crippen molar-refractivity contribution in [2.75, 3.05) is 13.6 Å². The van der Waals surface area contributed by atoms with Crippen LogP contribution < -0.4 is 5.32 Å². The maximum absolute atomic E-state index is 5.68. The Morgan fingerprint density at radius 3 is 3.06 bits per heavy atom. The molecule has 4 nitrogen and oxygen atoms in total. The SMILES string of the molecule is CNCCc1nnc(C2Cc3ccccc32)o1. The van der Waals surface area contributed by atoms with E-state index in [1.807, 2.05) is 7.05 Å². The van der Waals surface area contributed by atoms with Crippen molar-refractivity contribution in [2.45, 2.75) is 18.8 Å². The summed E-state index contributed by atoms with van der Waals surface area (Å²) in [6.45, 7) is 0.864. The van der Waals surface area contributed by atoms with Crippen LogP contribution in [0.1, 0.15) is 28.8 Å². The van der Waals surface area contributed by atoms with E-state index in [-0.39, 0.29) is 0 Å². The lowest BCUT2D eigenvalue weighted by atomic mass is 9.77. The minimum Gasteiger partial charge on any atom is -0.425 e. The van der Waals surface area contributed by atoms with Gasteiger partial charge in [-0.25, -0.2) is 0 Å². The molecule has 17 heavy (non-hydrogen) atoms. The van der Waals surface area contributed by atoms with Crippen molar-refractivity contribution in [3.63, 3.8) is 0 Å². The molecule has 0 radical (unpaired) electrons. The molecule has 0 bridgehead atoms. The van der Waals surface area contributed by atoms with Gasteiger partial charge in [0.1, 0.15) is 0 Å². The van der Waals surface area contributed by atoms with Crippen LogP contribution in [0.2, 0.25) is 0 Å². The first-order valence-electron chi connectivity index (χ1n) is 5.93. The Balaban J connectivity index is 1.76. The number of rotatable bonds is 4. The summed E-state index contributed by atoms with van der Waals surface area (Å²) < 4.78 is 5.68. The third-order valence-corrected chi connectivity index (χ3v) is 3.22. The molecule has 0 saturated carbocycles. The molecule has 0 spiro atoms. The van der Waals surface area contributed by atoms with E-state index in [9.17, 15) is 0 Å². The van der Waals surface area contributed by atoms with E-state index in [0.29, 0.717) is 5.92 Å². The van der Waals surface area contributed by atoms with Gasteiger partial charge in [-0.2, -0.15) is 0 Å². The molecule has 1 aliphatic carbocycles. The van der Waals surface area contributed by atoms with Gasteiger partial charge < -0.3 is 9.73 Å². The van der Waals surface area contributed by atoms with Gasteiger partial charge in [0.15, 0.2) is 0 Å². The fourth-order valence-electron chi connectivity index (χ4n) is 2.22. The lowest BCUT2D eigenvalue weighted by molar-refractivity contribution is 0.416. The molecule has 0 amide bonds. The highest BCUT2D eigenvalue weighted by atomic mass is 16.4. The molecule has 1 atom stereocenters. The van der Waals surface area contributed by atoms with E-state index < -0.39 is 0 Å². The second kappa shape index (κ2) is 4.30. The molecule has 1 N–H and O–H groups in total. The average molecular weight is 229 g/mol. The largest absolute Gasteiger partial charge is 0.425 e. The van der Waals surface area contributed by atoms with Crippen molar-refractivity contribution in [3.05, 3.63) is 47.2 Å². The van der Waals surface area contributed by atoms with E-state index in [0.717, 1.165) is 31.2 Å². The summed E-state index contributed by atoms with van der Waals surface area (Å²) in [5.74, 6) is 1.79. The molecular formula is C13H15N3O. The first-order chi connectivity index (χ1) is 8.38. The van der Waals surface area contributed by atoms with Gasteiger partial charge in [-0.05, 0) is 24.6 Å². The summed E-state index contributed by atoms with van der Waals surface area (Å²) in [4.78, 5) is 0. The minimum atomic E-state index is 0.307. The second-order valence-electron chi connectivity index (χ2n) is 4.34. The van der Waals surface area contributed by atoms with Gasteiger partial charge in [0.2, 0.25) is 11.8 Å². The van der Waals surface area contributed by atoms with E-state index in [4.69, 9.17) is 4.42 Å². The predicted octanol–water partition coefficient (Wildman–Crippen LogP) is 1.52. The molecule has 1 aromatic carbocycles. The summed E-state index contributed by atoms with van der Waals surface area (Å²) in [6.07, 6.45) is 1.81. The topological polar surface area (TPSA) is 51.0 Å². The first kappa shape index (κ1) is 10.5. The third kappa shape index (κ3) is 1.85. The van der Waals surface area contributed by atoms with Gasteiger partial charge in [0.05, 0.1) is 5.92 Å². The molecule has 4 heteroatoms. The van der Waals surface area contributed by atoms with Crippen molar-refractivity contribution in [3.8, 4) is 0 Å². The smallest absolute Gasteiger partial charge is 0.224 e. The van der Waals surface area contributed by atoms with E-state index >= 15 is 0 Å². The summed E-state index contributed by atoms with van der Waals surface area (Å²) in [6, 6.07) is 8.43. The molecule has 1 heterocycles. The normalized spacial score (nSPS) is 17.6. The van der Waals surface area contributed by atoms with E-state index in [2.05, 4.69) is 39.8 Å². The summed E-state index contributed by atoms with van der Waals surface area (Å²) in [5.41, 5.74) is 2.73. The molecule has 0 aliphatic heterocycles. The summed E-state index contributed by atoms with van der Waals surface area (Å²) >= 11 is 0. The highest BCUT2D eigenvalue weighted by Crippen LogP contribution is 2.39. The fraction of sp³-hybridized carbons (Fsp3) is 0.385. The Labute approximate surface area is 100 Å². The number of hydrogen-bond donors (Lipinski definition) is 1. The van der Waals surface area contributed by atoms with E-state index in [1.165, 1.54) is 11.1 Å². The van der Waals surface area contributed by atoms with Crippen LogP contribution in [0.4, 0.5) is 0 Å². The number of hydrogen-bond acceptors (Lipinski definition) is 4. The molecule has 3 rings (SSSR count). The van der Waals surface area contributed by atoms with Gasteiger partial charge in [-0.1, -0.05) is 24.3 Å². The Morgan fingerprint density at radius 2 is 2.24 bits per heavy atom. The van der Waals surface area contributed by atoms with Crippen molar-refractivity contribution in [1.82, 2.24) is 15.5 Å². The Hall–Kier alpha value is -1.68. The fourth-order valence-corrected chi connectivity index (χ4v) is 2.22. The number of aromatic nitrogens is 2. The quantitative estimate of drug-likeness (QED) is 0.863. The lowest BCUT2D eigenvalue weighted by Crippen LogP contribution is -2.18.